The number of rotatable bonds is 3. The topological polar surface area (TPSA) is 20.2 Å². The van der Waals surface area contributed by atoms with Crippen molar-refractivity contribution in [1.29, 1.82) is 0 Å². The third kappa shape index (κ3) is 2.53. The van der Waals surface area contributed by atoms with Gasteiger partial charge in [-0.1, -0.05) is 62.8 Å². The Balaban J connectivity index is 2.09. The van der Waals surface area contributed by atoms with E-state index in [1.807, 2.05) is 6.07 Å². The Morgan fingerprint density at radius 3 is 2.24 bits per heavy atom. The lowest BCUT2D eigenvalue weighted by Crippen LogP contribution is -2.51. The van der Waals surface area contributed by atoms with Crippen molar-refractivity contribution in [2.75, 3.05) is 0 Å². The molecular formula is C19H27ClO. The fraction of sp³-hybridized carbons (Fsp3) is 0.684. The molecular weight excluding hydrogens is 280 g/mol. The van der Waals surface area contributed by atoms with Gasteiger partial charge in [-0.3, -0.25) is 0 Å². The lowest BCUT2D eigenvalue weighted by atomic mass is 9.60. The van der Waals surface area contributed by atoms with Crippen LogP contribution < -0.4 is 0 Å². The second-order valence-electron chi connectivity index (χ2n) is 7.05. The van der Waals surface area contributed by atoms with Gasteiger partial charge >= 0.3 is 0 Å². The average Bonchev–Trinajstić information content (AvgIpc) is 3.00. The van der Waals surface area contributed by atoms with E-state index in [4.69, 9.17) is 11.6 Å². The van der Waals surface area contributed by atoms with Crippen molar-refractivity contribution >= 4 is 11.6 Å². The summed E-state index contributed by atoms with van der Waals surface area (Å²) in [7, 11) is 0. The fourth-order valence-electron chi connectivity index (χ4n) is 4.74. The van der Waals surface area contributed by atoms with Crippen LogP contribution in [-0.2, 0) is 11.8 Å². The van der Waals surface area contributed by atoms with Crippen molar-refractivity contribution < 1.29 is 5.11 Å². The van der Waals surface area contributed by atoms with Crippen LogP contribution in [0.3, 0.4) is 0 Å². The van der Waals surface area contributed by atoms with E-state index in [-0.39, 0.29) is 5.41 Å². The molecule has 0 radical (unpaired) electrons. The molecule has 0 heterocycles. The molecule has 0 unspecified atom stereocenters. The van der Waals surface area contributed by atoms with E-state index in [9.17, 15) is 5.11 Å². The summed E-state index contributed by atoms with van der Waals surface area (Å²) in [5.74, 6) is 0. The maximum atomic E-state index is 11.5. The molecule has 1 aromatic carbocycles. The van der Waals surface area contributed by atoms with Crippen LogP contribution in [0.2, 0.25) is 5.02 Å². The Morgan fingerprint density at radius 1 is 1.00 bits per heavy atom. The summed E-state index contributed by atoms with van der Waals surface area (Å²) in [6, 6.07) is 6.45. The number of aryl methyl sites for hydroxylation is 1. The molecule has 116 valence electrons. The number of aliphatic hydroxyl groups is 1. The second-order valence-corrected chi connectivity index (χ2v) is 7.46. The number of hydrogen-bond acceptors (Lipinski definition) is 1. The van der Waals surface area contributed by atoms with Crippen molar-refractivity contribution in [3.8, 4) is 0 Å². The lowest BCUT2D eigenvalue weighted by molar-refractivity contribution is -0.0676. The third-order valence-electron chi connectivity index (χ3n) is 5.98. The highest BCUT2D eigenvalue weighted by Crippen LogP contribution is 2.55. The van der Waals surface area contributed by atoms with Crippen molar-refractivity contribution in [3.63, 3.8) is 0 Å². The molecule has 0 spiro atoms. The Hall–Kier alpha value is -0.530. The Bertz CT molecular complexity index is 496. The maximum Gasteiger partial charge on any atom is 0.0744 e. The van der Waals surface area contributed by atoms with Gasteiger partial charge in [-0.25, -0.2) is 0 Å². The molecule has 1 nitrogen and oxygen atoms in total. The zero-order valence-electron chi connectivity index (χ0n) is 13.1. The minimum atomic E-state index is -0.544. The summed E-state index contributed by atoms with van der Waals surface area (Å²) < 4.78 is 0. The zero-order valence-corrected chi connectivity index (χ0v) is 13.9. The smallest absolute Gasteiger partial charge is 0.0744 e. The Kier molecular flexibility index (Phi) is 4.34. The molecule has 0 atom stereocenters. The van der Waals surface area contributed by atoms with Gasteiger partial charge in [0.05, 0.1) is 5.60 Å². The van der Waals surface area contributed by atoms with Crippen LogP contribution in [0, 0.1) is 0 Å². The zero-order chi connectivity index (χ0) is 14.9. The summed E-state index contributed by atoms with van der Waals surface area (Å²) >= 11 is 6.59. The summed E-state index contributed by atoms with van der Waals surface area (Å²) in [6.45, 7) is 2.18. The molecule has 2 aliphatic rings. The highest BCUT2D eigenvalue weighted by molar-refractivity contribution is 6.31. The van der Waals surface area contributed by atoms with Gasteiger partial charge in [-0.2, -0.15) is 0 Å². The van der Waals surface area contributed by atoms with E-state index >= 15 is 0 Å². The Labute approximate surface area is 133 Å². The minimum Gasteiger partial charge on any atom is -0.389 e. The van der Waals surface area contributed by atoms with Crippen LogP contribution >= 0.6 is 11.6 Å². The third-order valence-corrected chi connectivity index (χ3v) is 6.31. The van der Waals surface area contributed by atoms with Gasteiger partial charge in [0.1, 0.15) is 0 Å². The normalized spacial score (nSPS) is 24.1. The standard InChI is InChI=1S/C19H27ClO/c1-2-15-8-9-17(20)16(14-15)18(10-6-7-11-18)19(21)12-4-3-5-13-19/h8-9,14,21H,2-7,10-13H2,1H3. The second kappa shape index (κ2) is 5.93. The molecule has 2 saturated carbocycles. The van der Waals surface area contributed by atoms with Crippen LogP contribution in [0.4, 0.5) is 0 Å². The molecule has 0 amide bonds. The van der Waals surface area contributed by atoms with Gasteiger partial charge < -0.3 is 5.11 Å². The summed E-state index contributed by atoms with van der Waals surface area (Å²) in [4.78, 5) is 0. The number of benzene rings is 1. The molecule has 2 fully saturated rings. The van der Waals surface area contributed by atoms with Crippen LogP contribution in [0.1, 0.15) is 75.8 Å². The summed E-state index contributed by atoms with van der Waals surface area (Å²) in [5, 5.41) is 12.4. The summed E-state index contributed by atoms with van der Waals surface area (Å²) in [6.07, 6.45) is 11.1. The van der Waals surface area contributed by atoms with E-state index in [1.54, 1.807) is 0 Å². The van der Waals surface area contributed by atoms with Gasteiger partial charge in [0.2, 0.25) is 0 Å². The van der Waals surface area contributed by atoms with Gasteiger partial charge in [-0.05, 0) is 49.3 Å². The molecule has 3 rings (SSSR count). The molecule has 2 heteroatoms. The molecule has 1 aromatic rings. The average molecular weight is 307 g/mol. The first-order chi connectivity index (χ1) is 10.1. The maximum absolute atomic E-state index is 11.5. The lowest BCUT2D eigenvalue weighted by Gasteiger charge is -2.48. The van der Waals surface area contributed by atoms with Gasteiger partial charge in [-0.15, -0.1) is 0 Å². The molecule has 2 aliphatic carbocycles. The molecule has 21 heavy (non-hydrogen) atoms. The van der Waals surface area contributed by atoms with Crippen molar-refractivity contribution in [2.24, 2.45) is 0 Å². The van der Waals surface area contributed by atoms with Crippen LogP contribution in [0.5, 0.6) is 0 Å². The molecule has 0 aliphatic heterocycles. The van der Waals surface area contributed by atoms with E-state index in [1.165, 1.54) is 30.4 Å². The van der Waals surface area contributed by atoms with Gasteiger partial charge in [0.25, 0.3) is 0 Å². The molecule has 0 saturated heterocycles. The van der Waals surface area contributed by atoms with E-state index in [2.05, 4.69) is 19.1 Å². The highest BCUT2D eigenvalue weighted by Gasteiger charge is 2.53. The van der Waals surface area contributed by atoms with Crippen LogP contribution in [-0.4, -0.2) is 10.7 Å². The molecule has 0 bridgehead atoms. The predicted octanol–water partition coefficient (Wildman–Crippen LogP) is 5.41. The van der Waals surface area contributed by atoms with Crippen molar-refractivity contribution in [3.05, 3.63) is 34.3 Å². The predicted molar refractivity (Wildman–Crippen MR) is 89.0 cm³/mol. The van der Waals surface area contributed by atoms with Crippen LogP contribution in [0.15, 0.2) is 18.2 Å². The van der Waals surface area contributed by atoms with Crippen LogP contribution in [0.25, 0.3) is 0 Å². The highest BCUT2D eigenvalue weighted by atomic mass is 35.5. The van der Waals surface area contributed by atoms with Gasteiger partial charge in [0.15, 0.2) is 0 Å². The van der Waals surface area contributed by atoms with E-state index in [0.717, 1.165) is 50.0 Å². The SMILES string of the molecule is CCc1ccc(Cl)c(C2(C3(O)CCCCC3)CCCC2)c1. The van der Waals surface area contributed by atoms with Gasteiger partial charge in [0, 0.05) is 10.4 Å². The van der Waals surface area contributed by atoms with E-state index < -0.39 is 5.60 Å². The quantitative estimate of drug-likeness (QED) is 0.791. The number of hydrogen-bond donors (Lipinski definition) is 1. The first-order valence-corrected chi connectivity index (χ1v) is 9.00. The largest absolute Gasteiger partial charge is 0.389 e. The molecule has 0 aromatic heterocycles. The summed E-state index contributed by atoms with van der Waals surface area (Å²) in [5.41, 5.74) is 1.92. The van der Waals surface area contributed by atoms with E-state index in [0.29, 0.717) is 0 Å². The fourth-order valence-corrected chi connectivity index (χ4v) is 5.04. The monoisotopic (exact) mass is 306 g/mol. The van der Waals surface area contributed by atoms with Crippen molar-refractivity contribution in [2.45, 2.75) is 82.1 Å². The first-order valence-electron chi connectivity index (χ1n) is 8.63. The Morgan fingerprint density at radius 2 is 1.62 bits per heavy atom. The molecule has 1 N–H and O–H groups in total. The first kappa shape index (κ1) is 15.4. The van der Waals surface area contributed by atoms with Crippen molar-refractivity contribution in [1.82, 2.24) is 0 Å². The number of halogens is 1. The minimum absolute atomic E-state index is 0.102.